The molecule has 3 aromatic rings. The number of halogens is 1. The first kappa shape index (κ1) is 18.5. The molecule has 0 fully saturated rings. The van der Waals surface area contributed by atoms with Gasteiger partial charge in [0.05, 0.1) is 16.7 Å². The van der Waals surface area contributed by atoms with E-state index in [1.807, 2.05) is 6.07 Å². The topological polar surface area (TPSA) is 97.7 Å². The number of hydrogen-bond acceptors (Lipinski definition) is 5. The number of hydrazone groups is 1. The van der Waals surface area contributed by atoms with Gasteiger partial charge in [0.2, 0.25) is 0 Å². The Bertz CT molecular complexity index is 1040. The highest BCUT2D eigenvalue weighted by molar-refractivity contribution is 9.10. The van der Waals surface area contributed by atoms with Crippen molar-refractivity contribution in [2.45, 2.75) is 6.92 Å². The maximum absolute atomic E-state index is 12.1. The number of furan rings is 1. The summed E-state index contributed by atoms with van der Waals surface area (Å²) < 4.78 is 6.29. The van der Waals surface area contributed by atoms with E-state index in [0.29, 0.717) is 32.7 Å². The molecule has 0 aliphatic heterocycles. The third kappa shape index (κ3) is 4.29. The van der Waals surface area contributed by atoms with Gasteiger partial charge in [-0.05, 0) is 47.1 Å². The van der Waals surface area contributed by atoms with E-state index in [1.165, 1.54) is 12.3 Å². The van der Waals surface area contributed by atoms with Crippen LogP contribution in [-0.4, -0.2) is 17.0 Å². The monoisotopic (exact) mass is 427 g/mol. The molecule has 136 valence electrons. The maximum atomic E-state index is 12.1. The van der Waals surface area contributed by atoms with E-state index >= 15 is 0 Å². The van der Waals surface area contributed by atoms with Crippen LogP contribution in [0.3, 0.4) is 0 Å². The predicted molar refractivity (Wildman–Crippen MR) is 105 cm³/mol. The van der Waals surface area contributed by atoms with Gasteiger partial charge in [-0.15, -0.1) is 0 Å². The van der Waals surface area contributed by atoms with E-state index in [9.17, 15) is 14.9 Å². The molecular weight excluding hydrogens is 414 g/mol. The van der Waals surface area contributed by atoms with E-state index in [0.717, 1.165) is 0 Å². The molecule has 1 N–H and O–H groups in total. The summed E-state index contributed by atoms with van der Waals surface area (Å²) in [5.74, 6) is 0.511. The van der Waals surface area contributed by atoms with Crippen molar-refractivity contribution in [2.24, 2.45) is 5.10 Å². The van der Waals surface area contributed by atoms with Gasteiger partial charge >= 0.3 is 0 Å². The van der Waals surface area contributed by atoms with E-state index in [1.54, 1.807) is 49.4 Å². The predicted octanol–water partition coefficient (Wildman–Crippen LogP) is 4.69. The summed E-state index contributed by atoms with van der Waals surface area (Å²) in [6.45, 7) is 1.68. The normalized spacial score (nSPS) is 10.9. The van der Waals surface area contributed by atoms with E-state index in [4.69, 9.17) is 4.42 Å². The van der Waals surface area contributed by atoms with E-state index in [-0.39, 0.29) is 11.6 Å². The minimum absolute atomic E-state index is 0.0276. The molecule has 1 amide bonds. The van der Waals surface area contributed by atoms with Crippen LogP contribution in [0.4, 0.5) is 5.69 Å². The molecule has 1 heterocycles. The quantitative estimate of drug-likeness (QED) is 0.362. The molecule has 0 radical (unpaired) electrons. The number of rotatable bonds is 5. The van der Waals surface area contributed by atoms with Crippen molar-refractivity contribution in [1.29, 1.82) is 0 Å². The Labute approximate surface area is 163 Å². The summed E-state index contributed by atoms with van der Waals surface area (Å²) in [6, 6.07) is 15.2. The fraction of sp³-hybridized carbons (Fsp3) is 0.0526. The molecule has 2 aromatic carbocycles. The first-order valence-electron chi connectivity index (χ1n) is 7.89. The third-order valence-electron chi connectivity index (χ3n) is 3.79. The van der Waals surface area contributed by atoms with Gasteiger partial charge in [-0.25, -0.2) is 5.43 Å². The lowest BCUT2D eigenvalue weighted by atomic mass is 10.1. The van der Waals surface area contributed by atoms with E-state index in [2.05, 4.69) is 26.5 Å². The summed E-state index contributed by atoms with van der Waals surface area (Å²) in [5, 5.41) is 14.9. The third-order valence-corrected chi connectivity index (χ3v) is 4.49. The Morgan fingerprint density at radius 2 is 2.00 bits per heavy atom. The minimum Gasteiger partial charge on any atom is -0.455 e. The molecule has 8 heteroatoms. The molecule has 0 spiro atoms. The number of nitrogens with one attached hydrogen (secondary N) is 1. The SMILES string of the molecule is Cc1ccc(-c2ccc(/C=N\NC(=O)c3ccccc3Br)o2)cc1[N+](=O)[O-]. The van der Waals surface area contributed by atoms with Crippen LogP contribution in [0.2, 0.25) is 0 Å². The molecule has 0 bridgehead atoms. The molecule has 3 rings (SSSR count). The van der Waals surface area contributed by atoms with Crippen LogP contribution in [0, 0.1) is 17.0 Å². The fourth-order valence-corrected chi connectivity index (χ4v) is 2.86. The number of amides is 1. The molecule has 0 unspecified atom stereocenters. The number of hydrogen-bond donors (Lipinski definition) is 1. The van der Waals surface area contributed by atoms with Crippen LogP contribution in [-0.2, 0) is 0 Å². The lowest BCUT2D eigenvalue weighted by Crippen LogP contribution is -2.17. The smallest absolute Gasteiger partial charge is 0.273 e. The molecule has 1 aromatic heterocycles. The molecule has 0 aliphatic carbocycles. The first-order chi connectivity index (χ1) is 13.0. The molecule has 7 nitrogen and oxygen atoms in total. The van der Waals surface area contributed by atoms with Gasteiger partial charge < -0.3 is 4.42 Å². The average Bonchev–Trinajstić information content (AvgIpc) is 3.11. The number of benzene rings is 2. The number of nitrogens with zero attached hydrogens (tertiary/aromatic N) is 2. The Hall–Kier alpha value is -3.26. The molecule has 27 heavy (non-hydrogen) atoms. The summed E-state index contributed by atoms with van der Waals surface area (Å²) in [4.78, 5) is 22.7. The number of nitro groups is 1. The number of carbonyl (C=O) groups excluding carboxylic acids is 1. The fourth-order valence-electron chi connectivity index (χ4n) is 2.40. The summed E-state index contributed by atoms with van der Waals surface area (Å²) >= 11 is 3.30. The van der Waals surface area contributed by atoms with Crippen LogP contribution in [0.25, 0.3) is 11.3 Å². The Balaban J connectivity index is 1.72. The number of nitro benzene ring substituents is 1. The highest BCUT2D eigenvalue weighted by atomic mass is 79.9. The molecule has 0 saturated heterocycles. The molecule has 0 aliphatic rings. The summed E-state index contributed by atoms with van der Waals surface area (Å²) in [7, 11) is 0. The second-order valence-corrected chi connectivity index (χ2v) is 6.49. The number of aryl methyl sites for hydroxylation is 1. The van der Waals surface area contributed by atoms with Crippen molar-refractivity contribution < 1.29 is 14.1 Å². The Morgan fingerprint density at radius 1 is 1.22 bits per heavy atom. The van der Waals surface area contributed by atoms with Gasteiger partial charge in [0.25, 0.3) is 11.6 Å². The van der Waals surface area contributed by atoms with Crippen LogP contribution < -0.4 is 5.43 Å². The zero-order valence-electron chi connectivity index (χ0n) is 14.2. The van der Waals surface area contributed by atoms with Crippen molar-refractivity contribution in [2.75, 3.05) is 0 Å². The Morgan fingerprint density at radius 3 is 2.74 bits per heavy atom. The van der Waals surface area contributed by atoms with Crippen molar-refractivity contribution >= 4 is 33.7 Å². The minimum atomic E-state index is -0.429. The zero-order valence-corrected chi connectivity index (χ0v) is 15.8. The van der Waals surface area contributed by atoms with Crippen molar-refractivity contribution in [3.8, 4) is 11.3 Å². The van der Waals surface area contributed by atoms with Gasteiger partial charge in [0.15, 0.2) is 0 Å². The average molecular weight is 428 g/mol. The van der Waals surface area contributed by atoms with Crippen LogP contribution in [0.5, 0.6) is 0 Å². The highest BCUT2D eigenvalue weighted by Crippen LogP contribution is 2.27. The van der Waals surface area contributed by atoms with E-state index < -0.39 is 4.92 Å². The zero-order chi connectivity index (χ0) is 19.4. The maximum Gasteiger partial charge on any atom is 0.273 e. The van der Waals surface area contributed by atoms with Crippen molar-refractivity contribution in [1.82, 2.24) is 5.43 Å². The summed E-state index contributed by atoms with van der Waals surface area (Å²) in [5.41, 5.74) is 4.07. The molecular formula is C19H14BrN3O4. The van der Waals surface area contributed by atoms with Crippen LogP contribution in [0.1, 0.15) is 21.7 Å². The summed E-state index contributed by atoms with van der Waals surface area (Å²) in [6.07, 6.45) is 1.36. The number of carbonyl (C=O) groups is 1. The second-order valence-electron chi connectivity index (χ2n) is 5.64. The van der Waals surface area contributed by atoms with Crippen LogP contribution in [0.15, 0.2) is 68.6 Å². The molecule has 0 saturated carbocycles. The Kier molecular flexibility index (Phi) is 5.46. The van der Waals surface area contributed by atoms with Gasteiger partial charge in [-0.2, -0.15) is 5.10 Å². The van der Waals surface area contributed by atoms with Gasteiger partial charge in [0.1, 0.15) is 11.5 Å². The van der Waals surface area contributed by atoms with Gasteiger partial charge in [-0.1, -0.05) is 24.3 Å². The van der Waals surface area contributed by atoms with Gasteiger partial charge in [0, 0.05) is 21.7 Å². The lowest BCUT2D eigenvalue weighted by molar-refractivity contribution is -0.385. The van der Waals surface area contributed by atoms with Crippen LogP contribution >= 0.6 is 15.9 Å². The van der Waals surface area contributed by atoms with Gasteiger partial charge in [-0.3, -0.25) is 14.9 Å². The van der Waals surface area contributed by atoms with Crippen molar-refractivity contribution in [3.63, 3.8) is 0 Å². The standard InChI is InChI=1S/C19H14BrN3O4/c1-12-6-7-13(10-17(12)23(25)26)18-9-8-14(27-18)11-21-22-19(24)15-4-2-3-5-16(15)20/h2-11H,1H3,(H,22,24)/b21-11-. The molecule has 0 atom stereocenters. The van der Waals surface area contributed by atoms with Crippen molar-refractivity contribution in [3.05, 3.63) is 86.1 Å². The largest absolute Gasteiger partial charge is 0.455 e. The second kappa shape index (κ2) is 7.96. The highest BCUT2D eigenvalue weighted by Gasteiger charge is 2.13. The first-order valence-corrected chi connectivity index (χ1v) is 8.68. The lowest BCUT2D eigenvalue weighted by Gasteiger charge is -2.01.